The van der Waals surface area contributed by atoms with Crippen LogP contribution in [0.15, 0.2) is 42.6 Å². The number of rotatable bonds is 6. The van der Waals surface area contributed by atoms with Crippen LogP contribution in [0.3, 0.4) is 0 Å². The number of fused-ring (bicyclic) bond motifs is 1. The van der Waals surface area contributed by atoms with Crippen molar-refractivity contribution < 1.29 is 27.5 Å². The fraction of sp³-hybridized carbons (Fsp3) is 0.379. The van der Waals surface area contributed by atoms with E-state index < -0.39 is 23.3 Å². The van der Waals surface area contributed by atoms with Crippen molar-refractivity contribution in [3.05, 3.63) is 76.2 Å². The molecule has 7 nitrogen and oxygen atoms in total. The lowest BCUT2D eigenvalue weighted by atomic mass is 9.94. The van der Waals surface area contributed by atoms with Gasteiger partial charge in [-0.1, -0.05) is 6.07 Å². The lowest BCUT2D eigenvalue weighted by molar-refractivity contribution is -0.138. The fourth-order valence-electron chi connectivity index (χ4n) is 5.28. The molecule has 1 saturated heterocycles. The molecule has 3 aromatic rings. The van der Waals surface area contributed by atoms with Gasteiger partial charge in [0.2, 0.25) is 5.91 Å². The van der Waals surface area contributed by atoms with Crippen molar-refractivity contribution in [1.29, 1.82) is 0 Å². The summed E-state index contributed by atoms with van der Waals surface area (Å²) in [6.07, 6.45) is -2.74. The van der Waals surface area contributed by atoms with Crippen LogP contribution in [-0.4, -0.2) is 46.4 Å². The van der Waals surface area contributed by atoms with E-state index in [1.165, 1.54) is 13.0 Å². The van der Waals surface area contributed by atoms with E-state index in [1.807, 2.05) is 24.8 Å². The Labute approximate surface area is 224 Å². The first-order valence-electron chi connectivity index (χ1n) is 12.9. The number of esters is 1. The van der Waals surface area contributed by atoms with Gasteiger partial charge in [-0.3, -0.25) is 14.8 Å². The highest BCUT2D eigenvalue weighted by Crippen LogP contribution is 2.36. The zero-order chi connectivity index (χ0) is 27.9. The molecule has 2 aromatic heterocycles. The lowest BCUT2D eigenvalue weighted by Crippen LogP contribution is -2.48. The minimum absolute atomic E-state index is 0.0217. The van der Waals surface area contributed by atoms with Gasteiger partial charge in [0.25, 0.3) is 0 Å². The van der Waals surface area contributed by atoms with Gasteiger partial charge in [-0.25, -0.2) is 4.79 Å². The van der Waals surface area contributed by atoms with E-state index in [0.29, 0.717) is 38.3 Å². The van der Waals surface area contributed by atoms with Crippen molar-refractivity contribution in [3.8, 4) is 11.3 Å². The number of carbonyl (C=O) groups is 2. The topological polar surface area (TPSA) is 75.6 Å². The number of halogens is 3. The molecular weight excluding hydrogens is 509 g/mol. The number of hydrogen-bond acceptors (Lipinski definition) is 6. The highest BCUT2D eigenvalue weighted by molar-refractivity contribution is 5.92. The number of nitrogens with zero attached hydrogens (tertiary/aromatic N) is 4. The molecule has 0 atom stereocenters. The summed E-state index contributed by atoms with van der Waals surface area (Å²) in [5, 5.41) is 0. The first kappa shape index (κ1) is 26.6. The molecule has 0 spiro atoms. The van der Waals surface area contributed by atoms with E-state index in [1.54, 1.807) is 18.3 Å². The molecule has 0 N–H and O–H groups in total. The van der Waals surface area contributed by atoms with E-state index >= 15 is 0 Å². The molecule has 2 aliphatic heterocycles. The Balaban J connectivity index is 1.24. The molecule has 0 bridgehead atoms. The Kier molecular flexibility index (Phi) is 7.05. The first-order chi connectivity index (χ1) is 18.5. The number of anilines is 1. The predicted molar refractivity (Wildman–Crippen MR) is 139 cm³/mol. The van der Waals surface area contributed by atoms with Gasteiger partial charge in [0.05, 0.1) is 35.7 Å². The maximum atomic E-state index is 13.7. The molecule has 5 rings (SSSR count). The number of benzene rings is 1. The van der Waals surface area contributed by atoms with Gasteiger partial charge < -0.3 is 14.5 Å². The van der Waals surface area contributed by atoms with E-state index in [9.17, 15) is 22.8 Å². The van der Waals surface area contributed by atoms with Crippen LogP contribution in [0.2, 0.25) is 0 Å². The molecule has 1 fully saturated rings. The third-order valence-corrected chi connectivity index (χ3v) is 7.25. The number of aromatic nitrogens is 2. The Morgan fingerprint density at radius 2 is 1.85 bits per heavy atom. The Morgan fingerprint density at radius 3 is 2.56 bits per heavy atom. The van der Waals surface area contributed by atoms with Gasteiger partial charge in [-0.2, -0.15) is 13.2 Å². The Morgan fingerprint density at radius 1 is 1.08 bits per heavy atom. The third kappa shape index (κ3) is 5.46. The molecule has 4 heterocycles. The normalized spacial score (nSPS) is 15.2. The van der Waals surface area contributed by atoms with Crippen LogP contribution in [0.1, 0.15) is 51.8 Å². The SMILES string of the molecule is CCOC(=O)c1ccc(-c2cc(N3CC(CC(=O)N4Cc5nc(C)cc(C)c5C4)C3)ccn2)cc1C(F)(F)F. The summed E-state index contributed by atoms with van der Waals surface area (Å²) in [5.41, 5.74) is 4.07. The largest absolute Gasteiger partial charge is 0.462 e. The van der Waals surface area contributed by atoms with Gasteiger partial charge in [-0.05, 0) is 62.2 Å². The summed E-state index contributed by atoms with van der Waals surface area (Å²) in [5.74, 6) is -0.723. The van der Waals surface area contributed by atoms with Crippen LogP contribution in [0.5, 0.6) is 0 Å². The van der Waals surface area contributed by atoms with Crippen molar-refractivity contribution in [1.82, 2.24) is 14.9 Å². The quantitative estimate of drug-likeness (QED) is 0.395. The zero-order valence-electron chi connectivity index (χ0n) is 22.0. The standard InChI is InChI=1S/C29H29F3N4O3/c1-4-39-28(38)22-6-5-20(11-24(22)29(30,31)32)25-12-21(7-8-33-25)35-13-19(14-35)10-27(37)36-15-23-17(2)9-18(3)34-26(23)16-36/h5-9,11-12,19H,4,10,13-16H2,1-3H3. The highest BCUT2D eigenvalue weighted by Gasteiger charge is 2.37. The Hall–Kier alpha value is -3.95. The number of carbonyl (C=O) groups excluding carboxylic acids is 2. The lowest BCUT2D eigenvalue weighted by Gasteiger charge is -2.41. The molecule has 2 aliphatic rings. The van der Waals surface area contributed by atoms with Crippen molar-refractivity contribution in [3.63, 3.8) is 0 Å². The summed E-state index contributed by atoms with van der Waals surface area (Å²) in [6.45, 7) is 7.99. The molecule has 0 unspecified atom stereocenters. The predicted octanol–water partition coefficient (Wildman–Crippen LogP) is 5.32. The molecular formula is C29H29F3N4O3. The van der Waals surface area contributed by atoms with Crippen molar-refractivity contribution in [2.45, 2.75) is 46.5 Å². The van der Waals surface area contributed by atoms with E-state index in [2.05, 4.69) is 14.9 Å². The summed E-state index contributed by atoms with van der Waals surface area (Å²) >= 11 is 0. The maximum absolute atomic E-state index is 13.7. The van der Waals surface area contributed by atoms with Gasteiger partial charge in [-0.15, -0.1) is 0 Å². The fourth-order valence-corrected chi connectivity index (χ4v) is 5.28. The van der Waals surface area contributed by atoms with Gasteiger partial charge >= 0.3 is 12.1 Å². The van der Waals surface area contributed by atoms with Gasteiger partial charge in [0.15, 0.2) is 0 Å². The smallest absolute Gasteiger partial charge is 0.417 e. The second-order valence-corrected chi connectivity index (χ2v) is 10.1. The minimum atomic E-state index is -4.72. The molecule has 1 amide bonds. The summed E-state index contributed by atoms with van der Waals surface area (Å²) < 4.78 is 45.9. The first-order valence-corrected chi connectivity index (χ1v) is 12.9. The number of aryl methyl sites for hydroxylation is 2. The van der Waals surface area contributed by atoms with Crippen molar-refractivity contribution >= 4 is 17.6 Å². The summed E-state index contributed by atoms with van der Waals surface area (Å²) in [4.78, 5) is 37.8. The average Bonchev–Trinajstić information content (AvgIpc) is 3.30. The number of ether oxygens (including phenoxy) is 1. The highest BCUT2D eigenvalue weighted by atomic mass is 19.4. The van der Waals surface area contributed by atoms with Crippen LogP contribution >= 0.6 is 0 Å². The van der Waals surface area contributed by atoms with Crippen LogP contribution in [0.4, 0.5) is 18.9 Å². The molecule has 0 aliphatic carbocycles. The second-order valence-electron chi connectivity index (χ2n) is 10.1. The molecule has 0 saturated carbocycles. The second kappa shape index (κ2) is 10.3. The third-order valence-electron chi connectivity index (χ3n) is 7.25. The van der Waals surface area contributed by atoms with Gasteiger partial charge in [0, 0.05) is 55.1 Å². The van der Waals surface area contributed by atoms with E-state index in [4.69, 9.17) is 4.74 Å². The number of alkyl halides is 3. The summed E-state index contributed by atoms with van der Waals surface area (Å²) in [6, 6.07) is 9.07. The monoisotopic (exact) mass is 538 g/mol. The molecule has 10 heteroatoms. The zero-order valence-corrected chi connectivity index (χ0v) is 22.0. The van der Waals surface area contributed by atoms with Crippen LogP contribution in [0, 0.1) is 19.8 Å². The van der Waals surface area contributed by atoms with E-state index in [0.717, 1.165) is 40.3 Å². The van der Waals surface area contributed by atoms with Crippen LogP contribution in [0.25, 0.3) is 11.3 Å². The molecule has 0 radical (unpaired) electrons. The molecule has 39 heavy (non-hydrogen) atoms. The van der Waals surface area contributed by atoms with Crippen molar-refractivity contribution in [2.24, 2.45) is 5.92 Å². The maximum Gasteiger partial charge on any atom is 0.417 e. The molecule has 204 valence electrons. The van der Waals surface area contributed by atoms with E-state index in [-0.39, 0.29) is 24.0 Å². The Bertz CT molecular complexity index is 1430. The number of amides is 1. The van der Waals surface area contributed by atoms with Crippen molar-refractivity contribution in [2.75, 3.05) is 24.6 Å². The minimum Gasteiger partial charge on any atom is -0.462 e. The van der Waals surface area contributed by atoms with Crippen LogP contribution < -0.4 is 4.90 Å². The molecule has 1 aromatic carbocycles. The summed E-state index contributed by atoms with van der Waals surface area (Å²) in [7, 11) is 0. The average molecular weight is 539 g/mol. The van der Waals surface area contributed by atoms with Crippen LogP contribution in [-0.2, 0) is 28.8 Å². The van der Waals surface area contributed by atoms with Gasteiger partial charge in [0.1, 0.15) is 0 Å². The number of hydrogen-bond donors (Lipinski definition) is 0. The number of pyridine rings is 2.